The summed E-state index contributed by atoms with van der Waals surface area (Å²) < 4.78 is 10.6. The molecule has 3 nitrogen and oxygen atoms in total. The number of ether oxygens (including phenoxy) is 2. The van der Waals surface area contributed by atoms with Gasteiger partial charge in [-0.2, -0.15) is 0 Å². The molecule has 0 saturated carbocycles. The van der Waals surface area contributed by atoms with Gasteiger partial charge in [0.05, 0.1) is 18.8 Å². The van der Waals surface area contributed by atoms with Gasteiger partial charge in [-0.15, -0.1) is 0 Å². The van der Waals surface area contributed by atoms with Gasteiger partial charge >= 0.3 is 0 Å². The Balaban J connectivity index is 2.08. The molecule has 1 N–H and O–H groups in total. The maximum absolute atomic E-state index is 5.66. The Morgan fingerprint density at radius 2 is 2.45 bits per heavy atom. The third-order valence-corrected chi connectivity index (χ3v) is 1.84. The number of nitrogens with one attached hydrogen (secondary N) is 1. The fourth-order valence-electron chi connectivity index (χ4n) is 1.35. The van der Waals surface area contributed by atoms with Crippen molar-refractivity contribution in [3.63, 3.8) is 0 Å². The maximum atomic E-state index is 5.66. The largest absolute Gasteiger partial charge is 0.382 e. The van der Waals surface area contributed by atoms with E-state index in [4.69, 9.17) is 9.47 Å². The van der Waals surface area contributed by atoms with Gasteiger partial charge in [0.2, 0.25) is 0 Å². The molecule has 0 radical (unpaired) electrons. The summed E-state index contributed by atoms with van der Waals surface area (Å²) in [6, 6.07) is 0. The first-order valence-corrected chi connectivity index (χ1v) is 4.18. The number of hydrogen-bond donors (Lipinski definition) is 1. The van der Waals surface area contributed by atoms with E-state index in [9.17, 15) is 0 Å². The highest BCUT2D eigenvalue weighted by Crippen LogP contribution is 2.06. The zero-order valence-corrected chi connectivity index (χ0v) is 7.30. The van der Waals surface area contributed by atoms with E-state index in [0.717, 1.165) is 19.5 Å². The quantitative estimate of drug-likeness (QED) is 0.644. The lowest BCUT2D eigenvalue weighted by molar-refractivity contribution is -0.0299. The van der Waals surface area contributed by atoms with Crippen molar-refractivity contribution in [2.24, 2.45) is 0 Å². The highest BCUT2D eigenvalue weighted by atomic mass is 16.5. The molecule has 3 heteroatoms. The first-order valence-electron chi connectivity index (χ1n) is 4.18. The van der Waals surface area contributed by atoms with Gasteiger partial charge in [-0.25, -0.2) is 0 Å². The van der Waals surface area contributed by atoms with Crippen LogP contribution in [0.1, 0.15) is 13.3 Å². The standard InChI is InChI=1S/C8H17NO2/c1-7(6-10-2)11-8-3-4-9-5-8/h7-9H,3-6H2,1-2H3/t7?,8-/m1/s1. The van der Waals surface area contributed by atoms with Crippen LogP contribution in [0.25, 0.3) is 0 Å². The van der Waals surface area contributed by atoms with Gasteiger partial charge < -0.3 is 14.8 Å². The normalized spacial score (nSPS) is 27.3. The summed E-state index contributed by atoms with van der Waals surface area (Å²) in [5.74, 6) is 0. The van der Waals surface area contributed by atoms with Crippen LogP contribution in [-0.2, 0) is 9.47 Å². The molecule has 1 aliphatic heterocycles. The van der Waals surface area contributed by atoms with E-state index >= 15 is 0 Å². The molecule has 0 aromatic rings. The average molecular weight is 159 g/mol. The first kappa shape index (κ1) is 8.97. The lowest BCUT2D eigenvalue weighted by Gasteiger charge is -2.16. The minimum Gasteiger partial charge on any atom is -0.382 e. The number of hydrogen-bond acceptors (Lipinski definition) is 3. The molecule has 1 fully saturated rings. The van der Waals surface area contributed by atoms with E-state index in [1.807, 2.05) is 6.92 Å². The predicted molar refractivity (Wildman–Crippen MR) is 43.7 cm³/mol. The zero-order chi connectivity index (χ0) is 8.10. The van der Waals surface area contributed by atoms with Crippen molar-refractivity contribution in [3.8, 4) is 0 Å². The zero-order valence-electron chi connectivity index (χ0n) is 7.30. The monoisotopic (exact) mass is 159 g/mol. The molecule has 1 heterocycles. The molecule has 1 unspecified atom stereocenters. The smallest absolute Gasteiger partial charge is 0.0784 e. The molecule has 0 aromatic carbocycles. The molecule has 0 bridgehead atoms. The number of rotatable bonds is 4. The molecule has 1 rings (SSSR count). The van der Waals surface area contributed by atoms with Crippen molar-refractivity contribution >= 4 is 0 Å². The Morgan fingerprint density at radius 1 is 1.64 bits per heavy atom. The first-order chi connectivity index (χ1) is 5.33. The molecule has 1 saturated heterocycles. The molecule has 1 aliphatic rings. The van der Waals surface area contributed by atoms with Crippen molar-refractivity contribution in [2.45, 2.75) is 25.6 Å². The molecule has 11 heavy (non-hydrogen) atoms. The van der Waals surface area contributed by atoms with Gasteiger partial charge in [0.15, 0.2) is 0 Å². The van der Waals surface area contributed by atoms with Gasteiger partial charge in [-0.3, -0.25) is 0 Å². The van der Waals surface area contributed by atoms with Crippen LogP contribution in [-0.4, -0.2) is 39.0 Å². The fraction of sp³-hybridized carbons (Fsp3) is 1.00. The van der Waals surface area contributed by atoms with E-state index in [1.165, 1.54) is 0 Å². The second-order valence-corrected chi connectivity index (χ2v) is 3.02. The van der Waals surface area contributed by atoms with Gasteiger partial charge in [-0.05, 0) is 19.9 Å². The summed E-state index contributed by atoms with van der Waals surface area (Å²) in [7, 11) is 1.70. The highest BCUT2D eigenvalue weighted by molar-refractivity contribution is 4.72. The predicted octanol–water partition coefficient (Wildman–Crippen LogP) is 0.400. The van der Waals surface area contributed by atoms with E-state index in [-0.39, 0.29) is 6.10 Å². The van der Waals surface area contributed by atoms with Gasteiger partial charge in [0.25, 0.3) is 0 Å². The molecular formula is C8H17NO2. The fourth-order valence-corrected chi connectivity index (χ4v) is 1.35. The molecule has 0 aromatic heterocycles. The SMILES string of the molecule is COCC(C)O[C@@H]1CCNC1. The van der Waals surface area contributed by atoms with Crippen LogP contribution in [0.4, 0.5) is 0 Å². The Bertz CT molecular complexity index is 102. The molecule has 0 spiro atoms. The Hall–Kier alpha value is -0.120. The van der Waals surface area contributed by atoms with E-state index in [0.29, 0.717) is 12.7 Å². The van der Waals surface area contributed by atoms with Gasteiger partial charge in [0, 0.05) is 13.7 Å². The Kier molecular flexibility index (Phi) is 3.83. The maximum Gasteiger partial charge on any atom is 0.0784 e. The summed E-state index contributed by atoms with van der Waals surface area (Å²) in [6.07, 6.45) is 1.76. The minimum absolute atomic E-state index is 0.227. The third kappa shape index (κ3) is 3.18. The minimum atomic E-state index is 0.227. The summed E-state index contributed by atoms with van der Waals surface area (Å²) >= 11 is 0. The Morgan fingerprint density at radius 3 is 3.00 bits per heavy atom. The van der Waals surface area contributed by atoms with Crippen molar-refractivity contribution in [1.29, 1.82) is 0 Å². The van der Waals surface area contributed by atoms with Crippen LogP contribution < -0.4 is 5.32 Å². The lowest BCUT2D eigenvalue weighted by atomic mass is 10.3. The van der Waals surface area contributed by atoms with Crippen LogP contribution in [0.2, 0.25) is 0 Å². The van der Waals surface area contributed by atoms with Gasteiger partial charge in [0.1, 0.15) is 0 Å². The molecule has 66 valence electrons. The molecule has 0 amide bonds. The second-order valence-electron chi connectivity index (χ2n) is 3.02. The van der Waals surface area contributed by atoms with Crippen LogP contribution in [0.15, 0.2) is 0 Å². The molecule has 0 aliphatic carbocycles. The van der Waals surface area contributed by atoms with E-state index in [2.05, 4.69) is 5.32 Å². The lowest BCUT2D eigenvalue weighted by Crippen LogP contribution is -2.25. The molecular weight excluding hydrogens is 142 g/mol. The van der Waals surface area contributed by atoms with Crippen LogP contribution in [0, 0.1) is 0 Å². The summed E-state index contributed by atoms with van der Waals surface area (Å²) in [5.41, 5.74) is 0. The van der Waals surface area contributed by atoms with Gasteiger partial charge in [-0.1, -0.05) is 0 Å². The van der Waals surface area contributed by atoms with E-state index < -0.39 is 0 Å². The van der Waals surface area contributed by atoms with Crippen molar-refractivity contribution in [2.75, 3.05) is 26.8 Å². The topological polar surface area (TPSA) is 30.5 Å². The van der Waals surface area contributed by atoms with Crippen LogP contribution in [0.5, 0.6) is 0 Å². The Labute approximate surface area is 68.1 Å². The summed E-state index contributed by atoms with van der Waals surface area (Å²) in [4.78, 5) is 0. The second kappa shape index (κ2) is 4.70. The summed E-state index contributed by atoms with van der Waals surface area (Å²) in [5, 5.41) is 3.25. The van der Waals surface area contributed by atoms with Crippen LogP contribution in [0.3, 0.4) is 0 Å². The average Bonchev–Trinajstić information content (AvgIpc) is 2.40. The van der Waals surface area contributed by atoms with Crippen molar-refractivity contribution in [3.05, 3.63) is 0 Å². The highest BCUT2D eigenvalue weighted by Gasteiger charge is 2.17. The third-order valence-electron chi connectivity index (χ3n) is 1.84. The number of methoxy groups -OCH3 is 1. The van der Waals surface area contributed by atoms with Crippen molar-refractivity contribution < 1.29 is 9.47 Å². The van der Waals surface area contributed by atoms with E-state index in [1.54, 1.807) is 7.11 Å². The van der Waals surface area contributed by atoms with Crippen molar-refractivity contribution in [1.82, 2.24) is 5.32 Å². The molecule has 2 atom stereocenters. The summed E-state index contributed by atoms with van der Waals surface area (Å²) in [6.45, 7) is 4.82. The van der Waals surface area contributed by atoms with Crippen LogP contribution >= 0.6 is 0 Å².